The number of ketones is 1. The standard InChI is InChI=1S/C13H15N3O5/c1-7(17)6-15(2)9-5-11(19)16(13(9)21)8-3-4-10(18)14-12(8)20/h5,8H,3-4,6H2,1-2H3,(H,14,18,20). The summed E-state index contributed by atoms with van der Waals surface area (Å²) in [7, 11) is 1.52. The number of carbonyl (C=O) groups excluding carboxylic acids is 5. The van der Waals surface area contributed by atoms with Crippen LogP contribution in [-0.2, 0) is 24.0 Å². The van der Waals surface area contributed by atoms with Crippen molar-refractivity contribution in [1.29, 1.82) is 0 Å². The van der Waals surface area contributed by atoms with Crippen molar-refractivity contribution >= 4 is 29.4 Å². The Hall–Kier alpha value is -2.51. The Morgan fingerprint density at radius 3 is 2.62 bits per heavy atom. The van der Waals surface area contributed by atoms with Crippen LogP contribution in [0.15, 0.2) is 11.8 Å². The fourth-order valence-electron chi connectivity index (χ4n) is 2.39. The van der Waals surface area contributed by atoms with Gasteiger partial charge in [-0.05, 0) is 13.3 Å². The highest BCUT2D eigenvalue weighted by Gasteiger charge is 2.43. The Kier molecular flexibility index (Phi) is 3.88. The normalized spacial score (nSPS) is 22.3. The third kappa shape index (κ3) is 2.83. The lowest BCUT2D eigenvalue weighted by atomic mass is 10.0. The molecule has 0 aromatic carbocycles. The number of likely N-dealkylation sites (N-methyl/N-ethyl adjacent to an activating group) is 1. The van der Waals surface area contributed by atoms with E-state index in [2.05, 4.69) is 5.32 Å². The van der Waals surface area contributed by atoms with Crippen LogP contribution in [0.3, 0.4) is 0 Å². The highest BCUT2D eigenvalue weighted by Crippen LogP contribution is 2.22. The highest BCUT2D eigenvalue weighted by atomic mass is 16.2. The minimum Gasteiger partial charge on any atom is -0.363 e. The maximum Gasteiger partial charge on any atom is 0.277 e. The number of piperidine rings is 1. The Bertz CT molecular complexity index is 580. The molecule has 0 aromatic rings. The van der Waals surface area contributed by atoms with Gasteiger partial charge in [-0.2, -0.15) is 0 Å². The fourth-order valence-corrected chi connectivity index (χ4v) is 2.39. The van der Waals surface area contributed by atoms with E-state index in [1.165, 1.54) is 18.9 Å². The first kappa shape index (κ1) is 14.9. The van der Waals surface area contributed by atoms with E-state index in [1.54, 1.807) is 0 Å². The monoisotopic (exact) mass is 293 g/mol. The van der Waals surface area contributed by atoms with Crippen molar-refractivity contribution in [2.45, 2.75) is 25.8 Å². The molecule has 4 amide bonds. The lowest BCUT2D eigenvalue weighted by Gasteiger charge is -2.29. The maximum atomic E-state index is 12.3. The molecule has 0 saturated carbocycles. The number of Topliss-reactive ketones (excluding diaryl/α,β-unsaturated/α-hetero) is 1. The Labute approximate surface area is 120 Å². The highest BCUT2D eigenvalue weighted by molar-refractivity contribution is 6.18. The Morgan fingerprint density at radius 2 is 2.05 bits per heavy atom. The molecule has 0 spiro atoms. The summed E-state index contributed by atoms with van der Waals surface area (Å²) in [5.41, 5.74) is 0.0694. The van der Waals surface area contributed by atoms with Crippen LogP contribution in [0, 0.1) is 0 Å². The average Bonchev–Trinajstić information content (AvgIpc) is 2.65. The van der Waals surface area contributed by atoms with Gasteiger partial charge >= 0.3 is 0 Å². The number of nitrogens with zero attached hydrogens (tertiary/aromatic N) is 2. The number of imide groups is 2. The van der Waals surface area contributed by atoms with Crippen LogP contribution < -0.4 is 5.32 Å². The van der Waals surface area contributed by atoms with Crippen molar-refractivity contribution in [2.75, 3.05) is 13.6 Å². The third-order valence-electron chi connectivity index (χ3n) is 3.33. The topological polar surface area (TPSA) is 104 Å². The van der Waals surface area contributed by atoms with Crippen molar-refractivity contribution in [3.8, 4) is 0 Å². The molecule has 0 radical (unpaired) electrons. The van der Waals surface area contributed by atoms with Crippen LogP contribution in [0.5, 0.6) is 0 Å². The third-order valence-corrected chi connectivity index (χ3v) is 3.33. The average molecular weight is 293 g/mol. The van der Waals surface area contributed by atoms with Crippen LogP contribution in [0.4, 0.5) is 0 Å². The number of rotatable bonds is 4. The minimum absolute atomic E-state index is 0.00591. The van der Waals surface area contributed by atoms with Crippen LogP contribution in [-0.4, -0.2) is 58.8 Å². The van der Waals surface area contributed by atoms with Gasteiger partial charge in [0.05, 0.1) is 6.54 Å². The van der Waals surface area contributed by atoms with Gasteiger partial charge in [0.1, 0.15) is 17.5 Å². The van der Waals surface area contributed by atoms with Crippen molar-refractivity contribution < 1.29 is 24.0 Å². The molecule has 2 aliphatic rings. The molecular weight excluding hydrogens is 278 g/mol. The van der Waals surface area contributed by atoms with E-state index in [-0.39, 0.29) is 30.9 Å². The van der Waals surface area contributed by atoms with Gasteiger partial charge in [0, 0.05) is 19.5 Å². The summed E-state index contributed by atoms with van der Waals surface area (Å²) in [5.74, 6) is -2.47. The summed E-state index contributed by atoms with van der Waals surface area (Å²) in [6.07, 6.45) is 1.29. The molecule has 1 atom stereocenters. The van der Waals surface area contributed by atoms with Crippen LogP contribution in [0.25, 0.3) is 0 Å². The second-order valence-corrected chi connectivity index (χ2v) is 5.07. The zero-order valence-electron chi connectivity index (χ0n) is 11.7. The number of amides is 4. The van der Waals surface area contributed by atoms with E-state index in [1.807, 2.05) is 0 Å². The largest absolute Gasteiger partial charge is 0.363 e. The first-order valence-electron chi connectivity index (χ1n) is 6.44. The fraction of sp³-hybridized carbons (Fsp3) is 0.462. The second-order valence-electron chi connectivity index (χ2n) is 5.07. The molecule has 1 unspecified atom stereocenters. The molecular formula is C13H15N3O5. The van der Waals surface area contributed by atoms with Gasteiger partial charge in [0.25, 0.3) is 11.8 Å². The summed E-state index contributed by atoms with van der Waals surface area (Å²) in [5, 5.41) is 2.11. The van der Waals surface area contributed by atoms with E-state index in [9.17, 15) is 24.0 Å². The molecule has 2 aliphatic heterocycles. The maximum absolute atomic E-state index is 12.3. The summed E-state index contributed by atoms with van der Waals surface area (Å²) < 4.78 is 0. The van der Waals surface area contributed by atoms with Crippen molar-refractivity contribution in [2.24, 2.45) is 0 Å². The summed E-state index contributed by atoms with van der Waals surface area (Å²) in [6, 6.07) is -0.984. The Balaban J connectivity index is 2.16. The van der Waals surface area contributed by atoms with E-state index < -0.39 is 29.7 Å². The van der Waals surface area contributed by atoms with Gasteiger partial charge in [-0.15, -0.1) is 0 Å². The first-order chi connectivity index (χ1) is 9.81. The molecule has 0 bridgehead atoms. The predicted octanol–water partition coefficient (Wildman–Crippen LogP) is -1.43. The first-order valence-corrected chi connectivity index (χ1v) is 6.44. The zero-order chi connectivity index (χ0) is 15.7. The van der Waals surface area contributed by atoms with E-state index >= 15 is 0 Å². The van der Waals surface area contributed by atoms with E-state index in [0.29, 0.717) is 0 Å². The molecule has 112 valence electrons. The molecule has 8 heteroatoms. The number of hydrogen-bond acceptors (Lipinski definition) is 6. The summed E-state index contributed by atoms with van der Waals surface area (Å²) >= 11 is 0. The number of nitrogens with one attached hydrogen (secondary N) is 1. The lowest BCUT2D eigenvalue weighted by molar-refractivity contribution is -0.150. The zero-order valence-corrected chi connectivity index (χ0v) is 11.7. The van der Waals surface area contributed by atoms with Crippen LogP contribution in [0.1, 0.15) is 19.8 Å². The molecule has 8 nitrogen and oxygen atoms in total. The van der Waals surface area contributed by atoms with Crippen molar-refractivity contribution in [3.05, 3.63) is 11.8 Å². The SMILES string of the molecule is CC(=O)CN(C)C1=CC(=O)N(C2CCC(=O)NC2=O)C1=O. The van der Waals surface area contributed by atoms with Gasteiger partial charge in [-0.3, -0.25) is 34.2 Å². The molecule has 0 aliphatic carbocycles. The van der Waals surface area contributed by atoms with Crippen LogP contribution in [0.2, 0.25) is 0 Å². The van der Waals surface area contributed by atoms with Gasteiger partial charge < -0.3 is 4.90 Å². The van der Waals surface area contributed by atoms with Gasteiger partial charge in [-0.25, -0.2) is 0 Å². The second kappa shape index (κ2) is 5.47. The van der Waals surface area contributed by atoms with Gasteiger partial charge in [-0.1, -0.05) is 0 Å². The molecule has 1 fully saturated rings. The molecule has 0 aromatic heterocycles. The van der Waals surface area contributed by atoms with Crippen molar-refractivity contribution in [3.63, 3.8) is 0 Å². The summed E-state index contributed by atoms with van der Waals surface area (Å²) in [4.78, 5) is 60.4. The molecule has 1 N–H and O–H groups in total. The van der Waals surface area contributed by atoms with Gasteiger partial charge in [0.15, 0.2) is 0 Å². The molecule has 2 heterocycles. The quantitative estimate of drug-likeness (QED) is 0.637. The smallest absolute Gasteiger partial charge is 0.277 e. The van der Waals surface area contributed by atoms with Gasteiger partial charge in [0.2, 0.25) is 11.8 Å². The van der Waals surface area contributed by atoms with Crippen molar-refractivity contribution in [1.82, 2.24) is 15.1 Å². The Morgan fingerprint density at radius 1 is 1.38 bits per heavy atom. The predicted molar refractivity (Wildman–Crippen MR) is 69.4 cm³/mol. The van der Waals surface area contributed by atoms with E-state index in [0.717, 1.165) is 11.0 Å². The minimum atomic E-state index is -0.984. The molecule has 21 heavy (non-hydrogen) atoms. The molecule has 1 saturated heterocycles. The number of carbonyl (C=O) groups is 5. The lowest BCUT2D eigenvalue weighted by Crippen LogP contribution is -2.55. The number of hydrogen-bond donors (Lipinski definition) is 1. The van der Waals surface area contributed by atoms with E-state index in [4.69, 9.17) is 0 Å². The summed E-state index contributed by atoms with van der Waals surface area (Å²) in [6.45, 7) is 1.37. The molecule has 2 rings (SSSR count). The van der Waals surface area contributed by atoms with Crippen LogP contribution >= 0.6 is 0 Å².